The number of likely N-dealkylation sites (N-methyl/N-ethyl adjacent to an activating group) is 1. The zero-order valence-corrected chi connectivity index (χ0v) is 18.3. The number of aliphatic hydroxyl groups excluding tert-OH is 1. The molecule has 0 bridgehead atoms. The first-order chi connectivity index (χ1) is 14.4. The molecule has 0 spiro atoms. The number of rotatable bonds is 7. The minimum Gasteiger partial charge on any atom is -0.489 e. The van der Waals surface area contributed by atoms with E-state index in [2.05, 4.69) is 34.9 Å². The summed E-state index contributed by atoms with van der Waals surface area (Å²) in [7, 11) is 3.89. The molecule has 162 valence electrons. The highest BCUT2D eigenvalue weighted by atomic mass is 16.5. The van der Waals surface area contributed by atoms with Crippen LogP contribution in [0, 0.1) is 5.92 Å². The van der Waals surface area contributed by atoms with Crippen molar-refractivity contribution in [3.63, 3.8) is 0 Å². The Morgan fingerprint density at radius 1 is 1.20 bits per heavy atom. The quantitative estimate of drug-likeness (QED) is 0.653. The average molecular weight is 412 g/mol. The predicted molar refractivity (Wildman–Crippen MR) is 120 cm³/mol. The van der Waals surface area contributed by atoms with Crippen LogP contribution in [-0.4, -0.2) is 43.8 Å². The van der Waals surface area contributed by atoms with E-state index in [1.807, 2.05) is 51.0 Å². The number of ether oxygens (including phenoxy) is 1. The number of hydrogen-bond donors (Lipinski definition) is 3. The zero-order valence-electron chi connectivity index (χ0n) is 18.3. The van der Waals surface area contributed by atoms with Gasteiger partial charge >= 0.3 is 0 Å². The first-order valence-corrected chi connectivity index (χ1v) is 10.5. The number of nitrogens with one attached hydrogen (secondary N) is 2. The summed E-state index contributed by atoms with van der Waals surface area (Å²) in [6, 6.07) is 13.8. The second-order valence-corrected chi connectivity index (χ2v) is 8.32. The molecule has 3 N–H and O–H groups in total. The van der Waals surface area contributed by atoms with Crippen LogP contribution in [0.4, 0.5) is 5.69 Å². The molecule has 6 nitrogen and oxygen atoms in total. The molecule has 0 unspecified atom stereocenters. The molecule has 6 heteroatoms. The summed E-state index contributed by atoms with van der Waals surface area (Å²) in [6.07, 6.45) is 0.583. The Labute approximate surface area is 179 Å². The number of aliphatic hydroxyl groups is 1. The summed E-state index contributed by atoms with van der Waals surface area (Å²) < 4.78 is 6.06. The molecule has 1 amide bonds. The van der Waals surface area contributed by atoms with Crippen molar-refractivity contribution in [2.75, 3.05) is 25.6 Å². The standard InChI is InChI=1S/C24H33N3O3/c1-16(2)23-24(29)26-20(14-28)11-19-9-10-21(12-22(19)27(23)4)30-15-18-7-5-17(6-8-18)13-25-3/h5-10,12,16,20,23,25,28H,11,13-15H2,1-4H3,(H,26,29)/t20-,23-/m0/s1. The third-order valence-electron chi connectivity index (χ3n) is 5.60. The summed E-state index contributed by atoms with van der Waals surface area (Å²) in [6.45, 7) is 5.32. The Bertz CT molecular complexity index is 851. The Morgan fingerprint density at radius 3 is 2.53 bits per heavy atom. The Hall–Kier alpha value is -2.57. The molecule has 0 aliphatic carbocycles. The van der Waals surface area contributed by atoms with E-state index in [0.29, 0.717) is 13.0 Å². The van der Waals surface area contributed by atoms with E-state index in [4.69, 9.17) is 4.74 Å². The van der Waals surface area contributed by atoms with Gasteiger partial charge in [0.15, 0.2) is 0 Å². The fourth-order valence-corrected chi connectivity index (χ4v) is 4.05. The Morgan fingerprint density at radius 2 is 1.90 bits per heavy atom. The first kappa shape index (κ1) is 22.1. The first-order valence-electron chi connectivity index (χ1n) is 10.5. The molecule has 1 heterocycles. The van der Waals surface area contributed by atoms with Gasteiger partial charge in [-0.25, -0.2) is 0 Å². The number of fused-ring (bicyclic) bond motifs is 1. The monoisotopic (exact) mass is 411 g/mol. The number of carbonyl (C=O) groups is 1. The molecular formula is C24H33N3O3. The highest BCUT2D eigenvalue weighted by Crippen LogP contribution is 2.31. The van der Waals surface area contributed by atoms with Gasteiger partial charge in [0.25, 0.3) is 0 Å². The van der Waals surface area contributed by atoms with E-state index in [9.17, 15) is 9.90 Å². The normalized spacial score (nSPS) is 19.1. The Balaban J connectivity index is 1.81. The van der Waals surface area contributed by atoms with E-state index in [0.717, 1.165) is 29.1 Å². The maximum absolute atomic E-state index is 12.8. The molecule has 2 aromatic rings. The number of carbonyl (C=O) groups excluding carboxylic acids is 1. The number of amides is 1. The number of hydrogen-bond acceptors (Lipinski definition) is 5. The topological polar surface area (TPSA) is 73.8 Å². The van der Waals surface area contributed by atoms with Crippen LogP contribution in [0.3, 0.4) is 0 Å². The lowest BCUT2D eigenvalue weighted by molar-refractivity contribution is -0.124. The smallest absolute Gasteiger partial charge is 0.243 e. The van der Waals surface area contributed by atoms with Crippen molar-refractivity contribution < 1.29 is 14.6 Å². The highest BCUT2D eigenvalue weighted by Gasteiger charge is 2.32. The molecule has 2 atom stereocenters. The van der Waals surface area contributed by atoms with E-state index in [1.165, 1.54) is 5.56 Å². The van der Waals surface area contributed by atoms with Crippen LogP contribution in [0.1, 0.15) is 30.5 Å². The van der Waals surface area contributed by atoms with Crippen molar-refractivity contribution in [3.05, 3.63) is 59.2 Å². The molecule has 0 saturated heterocycles. The van der Waals surface area contributed by atoms with Gasteiger partial charge in [-0.2, -0.15) is 0 Å². The summed E-state index contributed by atoms with van der Waals surface area (Å²) >= 11 is 0. The predicted octanol–water partition coefficient (Wildman–Crippen LogP) is 2.48. The second-order valence-electron chi connectivity index (χ2n) is 8.32. The molecule has 0 radical (unpaired) electrons. The SMILES string of the molecule is CNCc1ccc(COc2ccc3c(c2)N(C)[C@@H](C(C)C)C(=O)N[C@H](CO)C3)cc1. The minimum absolute atomic E-state index is 0.0508. The van der Waals surface area contributed by atoms with E-state index in [1.54, 1.807) is 0 Å². The summed E-state index contributed by atoms with van der Waals surface area (Å²) in [4.78, 5) is 14.8. The molecule has 1 aliphatic heterocycles. The molecule has 3 rings (SSSR count). The van der Waals surface area contributed by atoms with Crippen molar-refractivity contribution in [3.8, 4) is 5.75 Å². The second kappa shape index (κ2) is 9.96. The largest absolute Gasteiger partial charge is 0.489 e. The van der Waals surface area contributed by atoms with Gasteiger partial charge in [0.1, 0.15) is 18.4 Å². The minimum atomic E-state index is -0.312. The number of benzene rings is 2. The van der Waals surface area contributed by atoms with Crippen molar-refractivity contribution in [1.29, 1.82) is 0 Å². The van der Waals surface area contributed by atoms with Gasteiger partial charge in [-0.05, 0) is 42.1 Å². The average Bonchev–Trinajstić information content (AvgIpc) is 2.72. The van der Waals surface area contributed by atoms with Crippen LogP contribution in [0.2, 0.25) is 0 Å². The van der Waals surface area contributed by atoms with Gasteiger partial charge < -0.3 is 25.4 Å². The van der Waals surface area contributed by atoms with Gasteiger partial charge in [0, 0.05) is 25.3 Å². The lowest BCUT2D eigenvalue weighted by Gasteiger charge is -2.37. The van der Waals surface area contributed by atoms with Crippen LogP contribution in [0.15, 0.2) is 42.5 Å². The number of nitrogens with zero attached hydrogens (tertiary/aromatic N) is 1. The summed E-state index contributed by atoms with van der Waals surface area (Å²) in [5.41, 5.74) is 4.41. The number of anilines is 1. The van der Waals surface area contributed by atoms with Gasteiger partial charge in [0.2, 0.25) is 5.91 Å². The van der Waals surface area contributed by atoms with Gasteiger partial charge in [-0.3, -0.25) is 4.79 Å². The third-order valence-corrected chi connectivity index (χ3v) is 5.60. The van der Waals surface area contributed by atoms with Crippen molar-refractivity contribution in [1.82, 2.24) is 10.6 Å². The molecule has 0 aromatic heterocycles. The molecule has 1 aliphatic rings. The van der Waals surface area contributed by atoms with Crippen LogP contribution < -0.4 is 20.3 Å². The molecule has 2 aromatic carbocycles. The summed E-state index contributed by atoms with van der Waals surface area (Å²) in [5, 5.41) is 15.8. The highest BCUT2D eigenvalue weighted by molar-refractivity contribution is 5.86. The zero-order chi connectivity index (χ0) is 21.7. The third kappa shape index (κ3) is 5.12. The van der Waals surface area contributed by atoms with Gasteiger partial charge in [-0.15, -0.1) is 0 Å². The molecule has 0 fully saturated rings. The van der Waals surface area contributed by atoms with E-state index in [-0.39, 0.29) is 30.5 Å². The van der Waals surface area contributed by atoms with Crippen molar-refractivity contribution in [2.45, 2.75) is 45.5 Å². The molecular weight excluding hydrogens is 378 g/mol. The van der Waals surface area contributed by atoms with Crippen LogP contribution in [-0.2, 0) is 24.4 Å². The lowest BCUT2D eigenvalue weighted by Crippen LogP contribution is -2.54. The van der Waals surface area contributed by atoms with Crippen LogP contribution in [0.25, 0.3) is 0 Å². The van der Waals surface area contributed by atoms with Crippen molar-refractivity contribution in [2.24, 2.45) is 5.92 Å². The molecule has 30 heavy (non-hydrogen) atoms. The van der Waals surface area contributed by atoms with E-state index >= 15 is 0 Å². The molecule has 0 saturated carbocycles. The maximum Gasteiger partial charge on any atom is 0.243 e. The van der Waals surface area contributed by atoms with Crippen LogP contribution >= 0.6 is 0 Å². The maximum atomic E-state index is 12.8. The fraction of sp³-hybridized carbons (Fsp3) is 0.458. The lowest BCUT2D eigenvalue weighted by atomic mass is 9.95. The van der Waals surface area contributed by atoms with Crippen molar-refractivity contribution >= 4 is 11.6 Å². The fourth-order valence-electron chi connectivity index (χ4n) is 4.05. The van der Waals surface area contributed by atoms with Gasteiger partial charge in [-0.1, -0.05) is 44.2 Å². The van der Waals surface area contributed by atoms with Gasteiger partial charge in [0.05, 0.1) is 12.6 Å². The Kier molecular flexibility index (Phi) is 7.34. The van der Waals surface area contributed by atoms with Crippen LogP contribution in [0.5, 0.6) is 5.75 Å². The van der Waals surface area contributed by atoms with E-state index < -0.39 is 0 Å². The summed E-state index contributed by atoms with van der Waals surface area (Å²) in [5.74, 6) is 0.843.